The Labute approximate surface area is 107 Å². The van der Waals surface area contributed by atoms with Gasteiger partial charge in [-0.15, -0.1) is 13.2 Å². The molecule has 7 heteroatoms. The maximum absolute atomic E-state index is 12.4. The van der Waals surface area contributed by atoms with Gasteiger partial charge >= 0.3 is 0 Å². The van der Waals surface area contributed by atoms with E-state index in [4.69, 9.17) is 0 Å². The van der Waals surface area contributed by atoms with Crippen molar-refractivity contribution in [1.82, 2.24) is 19.8 Å². The Hall–Kier alpha value is -1.44. The van der Waals surface area contributed by atoms with Crippen LogP contribution in [0.2, 0.25) is 0 Å². The lowest BCUT2D eigenvalue weighted by Gasteiger charge is -2.18. The molecule has 0 fully saturated rings. The summed E-state index contributed by atoms with van der Waals surface area (Å²) in [5.41, 5.74) is 0.607. The monoisotopic (exact) mass is 270 g/mol. The Bertz CT molecular complexity index is 497. The highest BCUT2D eigenvalue weighted by Gasteiger charge is 2.26. The second-order valence-electron chi connectivity index (χ2n) is 3.65. The van der Waals surface area contributed by atoms with E-state index in [-0.39, 0.29) is 18.1 Å². The number of nitrogens with zero attached hydrogens (tertiary/aromatic N) is 2. The number of H-pyrrole nitrogens is 1. The van der Waals surface area contributed by atoms with E-state index in [0.29, 0.717) is 12.1 Å². The predicted octanol–water partition coefficient (Wildman–Crippen LogP) is 0.492. The number of hydrogen-bond donors (Lipinski definition) is 2. The van der Waals surface area contributed by atoms with Crippen LogP contribution in [0.15, 0.2) is 36.5 Å². The summed E-state index contributed by atoms with van der Waals surface area (Å²) in [6.07, 6.45) is 4.58. The van der Waals surface area contributed by atoms with Gasteiger partial charge in [0.25, 0.3) is 10.0 Å². The van der Waals surface area contributed by atoms with Crippen LogP contribution in [0.4, 0.5) is 0 Å². The van der Waals surface area contributed by atoms with E-state index in [0.717, 1.165) is 0 Å². The van der Waals surface area contributed by atoms with Gasteiger partial charge in [0.2, 0.25) is 0 Å². The zero-order valence-corrected chi connectivity index (χ0v) is 11.2. The van der Waals surface area contributed by atoms with Gasteiger partial charge in [-0.25, -0.2) is 8.42 Å². The van der Waals surface area contributed by atoms with Crippen LogP contribution < -0.4 is 5.32 Å². The fourth-order valence-electron chi connectivity index (χ4n) is 1.53. The van der Waals surface area contributed by atoms with E-state index in [2.05, 4.69) is 28.7 Å². The van der Waals surface area contributed by atoms with Crippen LogP contribution in [-0.2, 0) is 16.6 Å². The van der Waals surface area contributed by atoms with Crippen LogP contribution in [0.1, 0.15) is 5.56 Å². The number of rotatable bonds is 8. The van der Waals surface area contributed by atoms with Crippen molar-refractivity contribution in [1.29, 1.82) is 0 Å². The van der Waals surface area contributed by atoms with E-state index in [1.807, 2.05) is 0 Å². The highest BCUT2D eigenvalue weighted by Crippen LogP contribution is 2.17. The molecule has 1 aromatic rings. The van der Waals surface area contributed by atoms with Gasteiger partial charge in [0, 0.05) is 25.2 Å². The number of nitrogens with one attached hydrogen (secondary N) is 2. The topological polar surface area (TPSA) is 78.1 Å². The fourth-order valence-corrected chi connectivity index (χ4v) is 3.01. The molecular formula is C11H18N4O2S. The molecule has 0 saturated carbocycles. The van der Waals surface area contributed by atoms with Crippen LogP contribution >= 0.6 is 0 Å². The first-order chi connectivity index (χ1) is 8.57. The SMILES string of the molecule is C=CCN(CC=C)S(=O)(=O)c1[nH]ncc1CNC. The maximum Gasteiger partial charge on any atom is 0.260 e. The van der Waals surface area contributed by atoms with Crippen LogP contribution in [0.5, 0.6) is 0 Å². The van der Waals surface area contributed by atoms with Crippen LogP contribution in [-0.4, -0.2) is 43.1 Å². The lowest BCUT2D eigenvalue weighted by atomic mass is 10.4. The van der Waals surface area contributed by atoms with Crippen molar-refractivity contribution >= 4 is 10.0 Å². The molecule has 0 atom stereocenters. The molecule has 0 aliphatic carbocycles. The average Bonchev–Trinajstić information content (AvgIpc) is 2.78. The Balaban J connectivity index is 3.12. The van der Waals surface area contributed by atoms with Gasteiger partial charge in [0.1, 0.15) is 0 Å². The normalized spacial score (nSPS) is 11.7. The molecule has 0 unspecified atom stereocenters. The second-order valence-corrected chi connectivity index (χ2v) is 5.53. The van der Waals surface area contributed by atoms with Crippen molar-refractivity contribution in [3.63, 3.8) is 0 Å². The van der Waals surface area contributed by atoms with E-state index >= 15 is 0 Å². The molecule has 0 radical (unpaired) electrons. The Morgan fingerprint density at radius 3 is 2.56 bits per heavy atom. The smallest absolute Gasteiger partial charge is 0.260 e. The van der Waals surface area contributed by atoms with Crippen molar-refractivity contribution in [2.75, 3.05) is 20.1 Å². The summed E-state index contributed by atoms with van der Waals surface area (Å²) in [7, 11) is -1.86. The van der Waals surface area contributed by atoms with E-state index < -0.39 is 10.0 Å². The maximum atomic E-state index is 12.4. The molecule has 0 aliphatic heterocycles. The van der Waals surface area contributed by atoms with Crippen molar-refractivity contribution < 1.29 is 8.42 Å². The minimum Gasteiger partial charge on any atom is -0.316 e. The Kier molecular flexibility index (Phi) is 5.26. The summed E-state index contributed by atoms with van der Waals surface area (Å²) in [5.74, 6) is 0. The highest BCUT2D eigenvalue weighted by atomic mass is 32.2. The van der Waals surface area contributed by atoms with Gasteiger partial charge in [0.05, 0.1) is 6.20 Å². The van der Waals surface area contributed by atoms with E-state index in [1.54, 1.807) is 7.05 Å². The standard InChI is InChI=1S/C11H18N4O2S/c1-4-6-15(7-5-2)18(16,17)11-10(8-12-3)9-13-14-11/h4-5,9,12H,1-2,6-8H2,3H3,(H,13,14). The van der Waals surface area contributed by atoms with Crippen molar-refractivity contribution in [2.24, 2.45) is 0 Å². The summed E-state index contributed by atoms with van der Waals surface area (Å²) >= 11 is 0. The van der Waals surface area contributed by atoms with E-state index in [1.165, 1.54) is 22.7 Å². The molecular weight excluding hydrogens is 252 g/mol. The lowest BCUT2D eigenvalue weighted by Crippen LogP contribution is -2.32. The second kappa shape index (κ2) is 6.48. The molecule has 0 saturated heterocycles. The third-order valence-corrected chi connectivity index (χ3v) is 4.16. The van der Waals surface area contributed by atoms with Crippen molar-refractivity contribution in [2.45, 2.75) is 11.6 Å². The van der Waals surface area contributed by atoms with Crippen molar-refractivity contribution in [3.8, 4) is 0 Å². The van der Waals surface area contributed by atoms with E-state index in [9.17, 15) is 8.42 Å². The van der Waals surface area contributed by atoms with Crippen LogP contribution in [0.25, 0.3) is 0 Å². The molecule has 100 valence electrons. The highest BCUT2D eigenvalue weighted by molar-refractivity contribution is 7.89. The quantitative estimate of drug-likeness (QED) is 0.674. The molecule has 0 spiro atoms. The minimum atomic E-state index is -3.60. The average molecular weight is 270 g/mol. The minimum absolute atomic E-state index is 0.112. The predicted molar refractivity (Wildman–Crippen MR) is 70.5 cm³/mol. The van der Waals surface area contributed by atoms with Crippen LogP contribution in [0.3, 0.4) is 0 Å². The summed E-state index contributed by atoms with van der Waals surface area (Å²) in [6, 6.07) is 0. The van der Waals surface area contributed by atoms with Gasteiger partial charge in [-0.2, -0.15) is 9.40 Å². The first kappa shape index (κ1) is 14.6. The number of aromatic amines is 1. The third kappa shape index (κ3) is 3.06. The van der Waals surface area contributed by atoms with Gasteiger partial charge in [0.15, 0.2) is 5.03 Å². The Morgan fingerprint density at radius 1 is 1.44 bits per heavy atom. The number of sulfonamides is 1. The summed E-state index contributed by atoms with van der Waals surface area (Å²) < 4.78 is 26.1. The lowest BCUT2D eigenvalue weighted by molar-refractivity contribution is 0.470. The molecule has 1 heterocycles. The van der Waals surface area contributed by atoms with Crippen molar-refractivity contribution in [3.05, 3.63) is 37.1 Å². The molecule has 1 aromatic heterocycles. The molecule has 0 amide bonds. The molecule has 2 N–H and O–H groups in total. The summed E-state index contributed by atoms with van der Waals surface area (Å²) in [5, 5.41) is 9.34. The molecule has 1 rings (SSSR count). The zero-order chi connectivity index (χ0) is 13.6. The fraction of sp³-hybridized carbons (Fsp3) is 0.364. The van der Waals surface area contributed by atoms with Gasteiger partial charge < -0.3 is 5.32 Å². The van der Waals surface area contributed by atoms with Crippen LogP contribution in [0, 0.1) is 0 Å². The molecule has 18 heavy (non-hydrogen) atoms. The van der Waals surface area contributed by atoms with Gasteiger partial charge in [-0.1, -0.05) is 12.2 Å². The molecule has 0 aliphatic rings. The molecule has 0 aromatic carbocycles. The summed E-state index contributed by atoms with van der Waals surface area (Å²) in [4.78, 5) is 0. The third-order valence-electron chi connectivity index (χ3n) is 2.31. The van der Waals surface area contributed by atoms with Gasteiger partial charge in [-0.3, -0.25) is 5.10 Å². The first-order valence-electron chi connectivity index (χ1n) is 5.46. The molecule has 0 bridgehead atoms. The van der Waals surface area contributed by atoms with Gasteiger partial charge in [-0.05, 0) is 7.05 Å². The first-order valence-corrected chi connectivity index (χ1v) is 6.90. The zero-order valence-electron chi connectivity index (χ0n) is 10.4. The Morgan fingerprint density at radius 2 is 2.06 bits per heavy atom. The largest absolute Gasteiger partial charge is 0.316 e. The molecule has 6 nitrogen and oxygen atoms in total. The summed E-state index contributed by atoms with van der Waals surface area (Å²) in [6.45, 7) is 8.00. The number of aromatic nitrogens is 2. The number of hydrogen-bond acceptors (Lipinski definition) is 4.